The zero-order valence-electron chi connectivity index (χ0n) is 78.5. The van der Waals surface area contributed by atoms with Crippen LogP contribution in [-0.2, 0) is 95.2 Å². The summed E-state index contributed by atoms with van der Waals surface area (Å²) in [4.78, 5) is 107. The van der Waals surface area contributed by atoms with Crippen molar-refractivity contribution in [1.29, 1.82) is 0 Å². The van der Waals surface area contributed by atoms with Gasteiger partial charge in [0, 0.05) is 53.4 Å². The van der Waals surface area contributed by atoms with E-state index < -0.39 is 326 Å². The minimum absolute atomic E-state index is 0.0801. The van der Waals surface area contributed by atoms with Gasteiger partial charge in [-0.3, -0.25) is 24.0 Å². The van der Waals surface area contributed by atoms with Gasteiger partial charge in [0.15, 0.2) is 18.9 Å². The summed E-state index contributed by atoms with van der Waals surface area (Å²) in [5.74, 6) is -22.2. The molecule has 788 valence electrons. The van der Waals surface area contributed by atoms with Crippen molar-refractivity contribution in [1.82, 2.24) is 26.6 Å². The molecule has 0 bridgehead atoms. The Kier molecular flexibility index (Phi) is 51.9. The Morgan fingerprint density at radius 3 is 1.17 bits per heavy atom. The number of allylic oxidation sites excluding steroid dienone is 1. The molecule has 27 N–H and O–H groups in total. The van der Waals surface area contributed by atoms with Gasteiger partial charge in [-0.2, -0.15) is 0 Å². The molecule has 0 aromatic carbocycles. The largest absolute Gasteiger partial charge is 0.477 e. The van der Waals surface area contributed by atoms with Gasteiger partial charge < -0.3 is 196 Å². The highest BCUT2D eigenvalue weighted by Crippen LogP contribution is 2.44. The van der Waals surface area contributed by atoms with E-state index in [0.717, 1.165) is 91.9 Å². The second-order valence-corrected chi connectivity index (χ2v) is 36.4. The molecule has 136 heavy (non-hydrogen) atoms. The molecule has 6 aliphatic heterocycles. The molecule has 6 heterocycles. The number of nitrogens with one attached hydrogen (secondary N) is 5. The monoisotopic (exact) mass is 1970 g/mol. The van der Waals surface area contributed by atoms with Crippen LogP contribution in [-0.4, -0.2) is 419 Å². The van der Waals surface area contributed by atoms with E-state index in [9.17, 15) is 151 Å². The summed E-state index contributed by atoms with van der Waals surface area (Å²) in [6.45, 7) is -0.794. The molecule has 0 saturated carbocycles. The third-order valence-corrected chi connectivity index (χ3v) is 25.5. The van der Waals surface area contributed by atoms with Gasteiger partial charge in [-0.25, -0.2) is 14.4 Å². The molecule has 0 aliphatic carbocycles. The van der Waals surface area contributed by atoms with Gasteiger partial charge in [-0.05, 0) is 19.3 Å². The topological polar surface area (TPSA) is 753 Å². The maximum Gasteiger partial charge on any atom is 0.364 e. The second-order valence-electron chi connectivity index (χ2n) is 36.4. The number of rotatable bonds is 63. The molecule has 12 unspecified atom stereocenters. The molecule has 6 fully saturated rings. The van der Waals surface area contributed by atoms with Crippen LogP contribution in [0.2, 0.25) is 0 Å². The molecular weight excluding hydrogens is 1810 g/mol. The highest BCUT2D eigenvalue weighted by Gasteiger charge is 2.65. The first kappa shape index (κ1) is 119. The predicted octanol–water partition coefficient (Wildman–Crippen LogP) is -4.52. The first-order chi connectivity index (χ1) is 64.6. The highest BCUT2D eigenvalue weighted by atomic mass is 16.8. The summed E-state index contributed by atoms with van der Waals surface area (Å²) < 4.78 is 71.7. The van der Waals surface area contributed by atoms with Gasteiger partial charge in [0.05, 0.1) is 94.8 Å². The van der Waals surface area contributed by atoms with Crippen molar-refractivity contribution in [3.8, 4) is 0 Å². The maximum absolute atomic E-state index is 14.4. The lowest BCUT2D eigenvalue weighted by molar-refractivity contribution is -0.402. The number of carboxylic acids is 3. The number of aliphatic carboxylic acids is 3. The fourth-order valence-electron chi connectivity index (χ4n) is 18.0. The Morgan fingerprint density at radius 1 is 0.397 bits per heavy atom. The van der Waals surface area contributed by atoms with Crippen LogP contribution in [0.15, 0.2) is 12.2 Å². The van der Waals surface area contributed by atoms with Crippen molar-refractivity contribution in [2.75, 3.05) is 46.2 Å². The molecule has 6 rings (SSSR count). The van der Waals surface area contributed by atoms with Gasteiger partial charge >= 0.3 is 17.9 Å². The summed E-state index contributed by atoms with van der Waals surface area (Å²) in [6, 6.07) is -9.22. The molecule has 47 heteroatoms. The number of carboxylic acid groups (broad SMARTS) is 3. The first-order valence-corrected chi connectivity index (χ1v) is 47.8. The average molecular weight is 1970 g/mol. The lowest BCUT2D eigenvalue weighted by Gasteiger charge is -2.52. The molecular formula is C89H155N5O42. The molecule has 35 atom stereocenters. The number of aliphatic hydroxyl groups excluding tert-OH is 19. The molecule has 5 amide bonds. The van der Waals surface area contributed by atoms with Crippen molar-refractivity contribution in [2.24, 2.45) is 0 Å². The van der Waals surface area contributed by atoms with E-state index in [1.54, 1.807) is 6.08 Å². The van der Waals surface area contributed by atoms with Crippen LogP contribution < -0.4 is 26.6 Å². The van der Waals surface area contributed by atoms with Crippen molar-refractivity contribution in [3.05, 3.63) is 12.2 Å². The predicted molar refractivity (Wildman–Crippen MR) is 469 cm³/mol. The second kappa shape index (κ2) is 59.4. The van der Waals surface area contributed by atoms with Crippen LogP contribution >= 0.6 is 0 Å². The first-order valence-electron chi connectivity index (χ1n) is 47.8. The zero-order chi connectivity index (χ0) is 101. The van der Waals surface area contributed by atoms with Crippen LogP contribution in [0.1, 0.15) is 241 Å². The van der Waals surface area contributed by atoms with E-state index in [1.165, 1.54) is 102 Å². The van der Waals surface area contributed by atoms with Crippen LogP contribution in [0.3, 0.4) is 0 Å². The lowest BCUT2D eigenvalue weighted by Crippen LogP contribution is -2.72. The molecule has 0 spiro atoms. The fraction of sp³-hybridized carbons (Fsp3) is 0.888. The molecule has 47 nitrogen and oxygen atoms in total. The van der Waals surface area contributed by atoms with E-state index in [4.69, 9.17) is 56.8 Å². The number of hydrogen-bond donors (Lipinski definition) is 27. The van der Waals surface area contributed by atoms with E-state index >= 15 is 0 Å². The Labute approximate surface area is 790 Å². The number of carbonyl (C=O) groups is 8. The third kappa shape index (κ3) is 34.3. The van der Waals surface area contributed by atoms with Crippen molar-refractivity contribution < 1.29 is 208 Å². The minimum atomic E-state index is -3.72. The minimum Gasteiger partial charge on any atom is -0.477 e. The SMILES string of the molecule is CCCCCCCCCCCCC/C=C/[C@@H](O)[C@H](CO[C@@H]1OC(CO)[C@@H](O[C@@H]2OC(CO)[C@H](O[C@@H]3OC(CO)[C@H](O)[C@H](O)C3NC(C)=O)[C@H](O[C@]3(C(=O)O)CC(O)[C@@H](NC(C)=O)C([C@H](O)[C@@H](CO)O[C@]4(C(=O)O)CC(O)[C@@H](NC(C)=O)C([C@H](O)[C@@H](CO)O[C@]5(C(=O)O)CC(O)[C@@H](NC(C)=O)C([C@H](O)[C@H](O)CO)O5)O4)O3)C2O)[C@H](O)C1O)NC(=O)CCCCCCCCCCCCCCCCC. The van der Waals surface area contributed by atoms with Crippen LogP contribution in [0.25, 0.3) is 0 Å². The number of hydrogen-bond acceptors (Lipinski definition) is 39. The molecule has 6 saturated heterocycles. The van der Waals surface area contributed by atoms with Gasteiger partial charge in [-0.15, -0.1) is 0 Å². The average Bonchev–Trinajstić information content (AvgIpc) is 0.571. The van der Waals surface area contributed by atoms with Gasteiger partial charge in [0.25, 0.3) is 17.4 Å². The summed E-state index contributed by atoms with van der Waals surface area (Å²) in [6.07, 6.45) is -34.0. The van der Waals surface area contributed by atoms with Gasteiger partial charge in [0.1, 0.15) is 128 Å². The third-order valence-electron chi connectivity index (χ3n) is 25.5. The van der Waals surface area contributed by atoms with Crippen molar-refractivity contribution in [3.63, 3.8) is 0 Å². The smallest absolute Gasteiger partial charge is 0.364 e. The summed E-state index contributed by atoms with van der Waals surface area (Å²) in [7, 11) is 0. The standard InChI is InChI=1S/C89H155N5O42/c1-7-9-11-13-15-17-19-21-22-24-26-28-30-32-34-36-62(110)94-51(52(105)35-33-31-29-27-25-23-20-18-16-14-12-10-8-2)46-125-82-73(117)72(116)75(60(44-99)127-82)129-83-74(118)80(76(61(45-100)128-83)130-81-66(93-50(6)104)71(115)68(112)57(41-96)126-81)136-89(86(123)124)39-55(108)65(92-49(5)103)79(135-89)70(114)59(43-98)132-88(85(121)122)38-54(107)64(91-48(4)102)78(134-88)69(113)58(42-97)131-87(84(119)120)37-53(106)63(90-47(3)101)77(133-87)67(111)56(109)40-95/h33,35,51-61,63-83,95-100,105-109,111-118H,7-32,34,36-46H2,1-6H3,(H,90,101)(H,91,102)(H,92,103)(H,93,104)(H,94,110)(H,119,120)(H,121,122)(H,123,124)/b35-33+/t51-,52+,53?,54?,55?,56+,57?,58+,59+,60?,61?,63+,64+,65+,66?,67+,68-,69+,70+,71+,72+,73?,74?,75+,76-,77?,78?,79?,80+,81-,82+,83-,87+,88+,89-/m0/s1. The number of amides is 5. The normalized spacial score (nSPS) is 34.0. The van der Waals surface area contributed by atoms with Gasteiger partial charge in [-0.1, -0.05) is 180 Å². The number of unbranched alkanes of at least 4 members (excludes halogenated alkanes) is 25. The van der Waals surface area contributed by atoms with E-state index in [0.29, 0.717) is 12.8 Å². The zero-order valence-corrected chi connectivity index (χ0v) is 78.5. The summed E-state index contributed by atoms with van der Waals surface area (Å²) in [5.41, 5.74) is 0. The van der Waals surface area contributed by atoms with E-state index in [1.807, 2.05) is 0 Å². The number of aliphatic hydroxyl groups is 19. The van der Waals surface area contributed by atoms with Crippen LogP contribution in [0, 0.1) is 0 Å². The van der Waals surface area contributed by atoms with Gasteiger partial charge in [0.2, 0.25) is 29.5 Å². The van der Waals surface area contributed by atoms with Crippen LogP contribution in [0.5, 0.6) is 0 Å². The molecule has 6 aliphatic rings. The Balaban J connectivity index is 1.32. The van der Waals surface area contributed by atoms with Crippen molar-refractivity contribution in [2.45, 2.75) is 454 Å². The number of ether oxygens (including phenoxy) is 12. The fourth-order valence-corrected chi connectivity index (χ4v) is 18.0. The lowest BCUT2D eigenvalue weighted by atomic mass is 9.86. The summed E-state index contributed by atoms with van der Waals surface area (Å²) in [5, 5.41) is 263. The Bertz CT molecular complexity index is 3570. The van der Waals surface area contributed by atoms with Crippen molar-refractivity contribution >= 4 is 47.4 Å². The molecule has 0 aromatic heterocycles. The highest BCUT2D eigenvalue weighted by molar-refractivity contribution is 5.79. The quantitative estimate of drug-likeness (QED) is 0.0202. The molecule has 0 aromatic rings. The van der Waals surface area contributed by atoms with Crippen LogP contribution in [0.4, 0.5) is 0 Å². The maximum atomic E-state index is 14.4. The van der Waals surface area contributed by atoms with E-state index in [2.05, 4.69) is 40.4 Å². The van der Waals surface area contributed by atoms with E-state index in [-0.39, 0.29) is 6.42 Å². The summed E-state index contributed by atoms with van der Waals surface area (Å²) >= 11 is 0. The Hall–Kier alpha value is -5.74. The Morgan fingerprint density at radius 2 is 0.765 bits per heavy atom. The molecule has 0 radical (unpaired) electrons. The number of carbonyl (C=O) groups excluding carboxylic acids is 5.